The van der Waals surface area contributed by atoms with Crippen molar-refractivity contribution in [2.24, 2.45) is 4.99 Å². The highest BCUT2D eigenvalue weighted by Gasteiger charge is 2.15. The minimum atomic E-state index is -0.206. The Morgan fingerprint density at radius 3 is 2.76 bits per heavy atom. The van der Waals surface area contributed by atoms with Gasteiger partial charge in [0, 0.05) is 17.7 Å². The molecule has 0 saturated heterocycles. The van der Waals surface area contributed by atoms with Crippen LogP contribution in [0.15, 0.2) is 89.9 Å². The third-order valence-electron chi connectivity index (χ3n) is 6.16. The minimum Gasteiger partial charge on any atom is -0.492 e. The number of aryl methyl sites for hydroxylation is 1. The maximum atomic E-state index is 13.1. The zero-order valence-corrected chi connectivity index (χ0v) is 20.7. The first-order valence-electron chi connectivity index (χ1n) is 12.4. The number of ketones is 1. The number of fused-ring (bicyclic) bond motifs is 7. The Morgan fingerprint density at radius 2 is 1.86 bits per heavy atom. The first kappa shape index (κ1) is 24.2. The molecule has 5 rings (SSSR count). The van der Waals surface area contributed by atoms with E-state index in [1.54, 1.807) is 6.08 Å². The molecule has 7 heteroatoms. The number of para-hydroxylation sites is 2. The summed E-state index contributed by atoms with van der Waals surface area (Å²) in [4.78, 5) is 34.2. The first-order valence-corrected chi connectivity index (χ1v) is 12.4. The average Bonchev–Trinajstić information content (AvgIpc) is 3.25. The van der Waals surface area contributed by atoms with Gasteiger partial charge in [0.25, 0.3) is 5.91 Å². The van der Waals surface area contributed by atoms with Gasteiger partial charge in [0.2, 0.25) is 5.95 Å². The second-order valence-electron chi connectivity index (χ2n) is 8.92. The van der Waals surface area contributed by atoms with Gasteiger partial charge in [0.15, 0.2) is 5.78 Å². The molecule has 0 aliphatic carbocycles. The number of imidazole rings is 1. The van der Waals surface area contributed by atoms with E-state index in [9.17, 15) is 9.59 Å². The Balaban J connectivity index is 1.52. The number of amides is 1. The second kappa shape index (κ2) is 11.0. The lowest BCUT2D eigenvalue weighted by Crippen LogP contribution is -2.18. The van der Waals surface area contributed by atoms with Crippen molar-refractivity contribution in [3.63, 3.8) is 0 Å². The molecule has 2 heterocycles. The smallest absolute Gasteiger partial charge is 0.257 e. The normalized spacial score (nSPS) is 14.7. The predicted octanol–water partition coefficient (Wildman–Crippen LogP) is 5.25. The molecule has 7 nitrogen and oxygen atoms in total. The minimum absolute atomic E-state index is 0.0342. The number of hydrogen-bond acceptors (Lipinski definition) is 5. The van der Waals surface area contributed by atoms with Gasteiger partial charge in [-0.15, -0.1) is 0 Å². The Labute approximate surface area is 215 Å². The number of anilines is 1. The summed E-state index contributed by atoms with van der Waals surface area (Å²) >= 11 is 0. The summed E-state index contributed by atoms with van der Waals surface area (Å²) in [5.41, 5.74) is 4.99. The molecule has 186 valence electrons. The van der Waals surface area contributed by atoms with Gasteiger partial charge in [0.1, 0.15) is 12.4 Å². The maximum absolute atomic E-state index is 13.1. The number of benzene rings is 3. The van der Waals surface area contributed by atoms with Crippen LogP contribution in [0, 0.1) is 0 Å². The number of ether oxygens (including phenoxy) is 1. The molecule has 1 aromatic heterocycles. The lowest BCUT2D eigenvalue weighted by atomic mass is 10.1. The monoisotopic (exact) mass is 492 g/mol. The molecule has 3 aromatic carbocycles. The molecule has 0 saturated carbocycles. The highest BCUT2D eigenvalue weighted by atomic mass is 16.5. The van der Waals surface area contributed by atoms with E-state index >= 15 is 0 Å². The van der Waals surface area contributed by atoms with Crippen molar-refractivity contribution in [3.05, 3.63) is 102 Å². The van der Waals surface area contributed by atoms with Crippen LogP contribution in [0.3, 0.4) is 0 Å². The van der Waals surface area contributed by atoms with E-state index in [-0.39, 0.29) is 11.7 Å². The maximum Gasteiger partial charge on any atom is 0.257 e. The summed E-state index contributed by atoms with van der Waals surface area (Å²) in [6.45, 7) is 2.97. The predicted molar refractivity (Wildman–Crippen MR) is 146 cm³/mol. The van der Waals surface area contributed by atoms with E-state index < -0.39 is 0 Å². The number of aliphatic imine (C=N–C) groups is 1. The molecule has 0 radical (unpaired) electrons. The SMILES string of the molecule is CC(=O)/C=C\C1=NCCCc2cccc(c2)C(=O)Nc2nc3ccccc3n2CCOc2cccc1c2. The third kappa shape index (κ3) is 5.83. The van der Waals surface area contributed by atoms with Crippen LogP contribution < -0.4 is 10.1 Å². The zero-order chi connectivity index (χ0) is 25.6. The van der Waals surface area contributed by atoms with Crippen molar-refractivity contribution < 1.29 is 14.3 Å². The summed E-state index contributed by atoms with van der Waals surface area (Å²) in [6, 6.07) is 23.2. The molecule has 1 aliphatic heterocycles. The van der Waals surface area contributed by atoms with Crippen LogP contribution in [-0.2, 0) is 17.8 Å². The number of nitrogens with one attached hydrogen (secondary N) is 1. The highest BCUT2D eigenvalue weighted by molar-refractivity contribution is 6.11. The van der Waals surface area contributed by atoms with E-state index in [2.05, 4.69) is 10.3 Å². The van der Waals surface area contributed by atoms with Crippen LogP contribution in [0.4, 0.5) is 5.95 Å². The van der Waals surface area contributed by atoms with Gasteiger partial charge in [-0.05, 0) is 73.9 Å². The highest BCUT2D eigenvalue weighted by Crippen LogP contribution is 2.22. The van der Waals surface area contributed by atoms with Gasteiger partial charge in [-0.3, -0.25) is 19.9 Å². The Morgan fingerprint density at radius 1 is 1.03 bits per heavy atom. The fourth-order valence-corrected chi connectivity index (χ4v) is 4.36. The average molecular weight is 493 g/mol. The van der Waals surface area contributed by atoms with Crippen LogP contribution in [-0.4, -0.2) is 40.1 Å². The molecule has 0 unspecified atom stereocenters. The molecule has 1 aliphatic rings. The topological polar surface area (TPSA) is 85.6 Å². The first-order chi connectivity index (χ1) is 18.1. The van der Waals surface area contributed by atoms with E-state index in [1.807, 2.05) is 77.4 Å². The molecule has 4 aromatic rings. The van der Waals surface area contributed by atoms with Gasteiger partial charge in [0.05, 0.1) is 23.3 Å². The third-order valence-corrected chi connectivity index (χ3v) is 6.16. The molecule has 4 bridgehead atoms. The number of aromatic nitrogens is 2. The summed E-state index contributed by atoms with van der Waals surface area (Å²) in [5, 5.41) is 3.00. The molecular formula is C30H28N4O3. The van der Waals surface area contributed by atoms with Crippen LogP contribution in [0.25, 0.3) is 11.0 Å². The number of nitrogens with zero attached hydrogens (tertiary/aromatic N) is 3. The zero-order valence-electron chi connectivity index (χ0n) is 20.7. The lowest BCUT2D eigenvalue weighted by molar-refractivity contribution is -0.112. The Hall–Kier alpha value is -4.52. The van der Waals surface area contributed by atoms with E-state index in [4.69, 9.17) is 9.73 Å². The van der Waals surface area contributed by atoms with Crippen LogP contribution in [0.2, 0.25) is 0 Å². The number of carbonyl (C=O) groups is 2. The molecule has 0 spiro atoms. The molecule has 1 N–H and O–H groups in total. The fourth-order valence-electron chi connectivity index (χ4n) is 4.36. The summed E-state index contributed by atoms with van der Waals surface area (Å²) in [7, 11) is 0. The summed E-state index contributed by atoms with van der Waals surface area (Å²) < 4.78 is 8.06. The van der Waals surface area contributed by atoms with Crippen molar-refractivity contribution in [1.82, 2.24) is 9.55 Å². The van der Waals surface area contributed by atoms with Gasteiger partial charge in [-0.25, -0.2) is 4.98 Å². The molecule has 0 fully saturated rings. The standard InChI is InChI=1S/C30H28N4O3/c1-21(35)14-15-26-23-9-5-11-25(20-23)37-18-17-34-28-13-3-2-12-27(28)32-30(34)33-29(36)24-10-4-7-22(19-24)8-6-16-31-26/h2-5,7,9-15,19-20H,6,8,16-18H2,1H3,(H,32,33,36)/b15-14-,31-26?. The number of rotatable bonds is 2. The van der Waals surface area contributed by atoms with Gasteiger partial charge >= 0.3 is 0 Å². The molecule has 1 amide bonds. The number of allylic oxidation sites excluding steroid dienone is 2. The van der Waals surface area contributed by atoms with E-state index in [0.717, 1.165) is 40.7 Å². The van der Waals surface area contributed by atoms with Gasteiger partial charge in [-0.1, -0.05) is 36.4 Å². The number of hydrogen-bond donors (Lipinski definition) is 1. The molecule has 37 heavy (non-hydrogen) atoms. The quantitative estimate of drug-likeness (QED) is 0.388. The second-order valence-corrected chi connectivity index (χ2v) is 8.92. The lowest BCUT2D eigenvalue weighted by Gasteiger charge is -2.13. The Kier molecular flexibility index (Phi) is 7.21. The van der Waals surface area contributed by atoms with Crippen molar-refractivity contribution in [2.75, 3.05) is 18.5 Å². The Bertz CT molecular complexity index is 1520. The largest absolute Gasteiger partial charge is 0.492 e. The van der Waals surface area contributed by atoms with Crippen molar-refractivity contribution in [2.45, 2.75) is 26.3 Å². The summed E-state index contributed by atoms with van der Waals surface area (Å²) in [6.07, 6.45) is 4.87. The molecular weight excluding hydrogens is 464 g/mol. The van der Waals surface area contributed by atoms with Crippen molar-refractivity contribution in [3.8, 4) is 5.75 Å². The van der Waals surface area contributed by atoms with Crippen molar-refractivity contribution in [1.29, 1.82) is 0 Å². The van der Waals surface area contributed by atoms with Crippen LogP contribution in [0.5, 0.6) is 5.75 Å². The van der Waals surface area contributed by atoms with Gasteiger partial charge < -0.3 is 9.30 Å². The summed E-state index contributed by atoms with van der Waals surface area (Å²) in [5.74, 6) is 0.947. The fraction of sp³-hybridized carbons (Fsp3) is 0.200. The molecule has 0 atom stereocenters. The van der Waals surface area contributed by atoms with E-state index in [0.29, 0.717) is 37.0 Å². The van der Waals surface area contributed by atoms with Crippen LogP contribution in [0.1, 0.15) is 34.8 Å². The van der Waals surface area contributed by atoms with Gasteiger partial charge in [-0.2, -0.15) is 0 Å². The van der Waals surface area contributed by atoms with Crippen LogP contribution >= 0.6 is 0 Å². The van der Waals surface area contributed by atoms with E-state index in [1.165, 1.54) is 13.0 Å². The number of carbonyl (C=O) groups excluding carboxylic acids is 2. The van der Waals surface area contributed by atoms with Crippen molar-refractivity contribution >= 4 is 34.4 Å².